The molecule has 33 heavy (non-hydrogen) atoms. The van der Waals surface area contributed by atoms with E-state index in [9.17, 15) is 13.2 Å². The Morgan fingerprint density at radius 3 is 2.18 bits per heavy atom. The number of ketones is 1. The van der Waals surface area contributed by atoms with Gasteiger partial charge < -0.3 is 10.6 Å². The van der Waals surface area contributed by atoms with Crippen LogP contribution in [0.2, 0.25) is 0 Å². The molecule has 0 bridgehead atoms. The van der Waals surface area contributed by atoms with Gasteiger partial charge in [-0.1, -0.05) is 54.6 Å². The van der Waals surface area contributed by atoms with Gasteiger partial charge in [-0.15, -0.1) is 0 Å². The molecule has 0 radical (unpaired) electrons. The Bertz CT molecular complexity index is 1450. The van der Waals surface area contributed by atoms with Crippen LogP contribution >= 0.6 is 0 Å². The van der Waals surface area contributed by atoms with Crippen LogP contribution in [0.3, 0.4) is 0 Å². The second-order valence-electron chi connectivity index (χ2n) is 8.13. The molecule has 8 nitrogen and oxygen atoms in total. The number of nitrogen functional groups attached to an aromatic ring is 1. The number of carbonyl (C=O) groups excluding carboxylic acids is 1. The number of aromatic nitrogens is 3. The summed E-state index contributed by atoms with van der Waals surface area (Å²) in [5.41, 5.74) is 11.1. The largest absolute Gasteiger partial charge is 0.383 e. The first-order valence-electron chi connectivity index (χ1n) is 10.6. The zero-order valence-electron chi connectivity index (χ0n) is 18.1. The summed E-state index contributed by atoms with van der Waals surface area (Å²) in [6.07, 6.45) is 1.69. The van der Waals surface area contributed by atoms with Gasteiger partial charge in [-0.05, 0) is 23.6 Å². The van der Waals surface area contributed by atoms with Crippen LogP contribution in [0.25, 0.3) is 27.9 Å². The Morgan fingerprint density at radius 2 is 1.55 bits per heavy atom. The summed E-state index contributed by atoms with van der Waals surface area (Å²) in [6.45, 7) is 1.96. The number of anilines is 2. The number of Topliss-reactive ketones (excluding diaryl/α,β-unsaturated/α-hetero) is 1. The Kier molecular flexibility index (Phi) is 5.13. The van der Waals surface area contributed by atoms with E-state index in [0.29, 0.717) is 11.5 Å². The second-order valence-corrected chi connectivity index (χ2v) is 10.4. The van der Waals surface area contributed by atoms with Gasteiger partial charge in [0.25, 0.3) is 0 Å². The summed E-state index contributed by atoms with van der Waals surface area (Å²) in [7, 11) is -3.08. The van der Waals surface area contributed by atoms with E-state index in [1.807, 2.05) is 47.4 Å². The van der Waals surface area contributed by atoms with E-state index in [0.717, 1.165) is 22.3 Å². The lowest BCUT2D eigenvalue weighted by Crippen LogP contribution is -2.41. The summed E-state index contributed by atoms with van der Waals surface area (Å²) < 4.78 is 25.3. The van der Waals surface area contributed by atoms with Crippen LogP contribution in [0.5, 0.6) is 0 Å². The Hall–Kier alpha value is -3.72. The summed E-state index contributed by atoms with van der Waals surface area (Å²) in [5, 5.41) is 4.39. The SMILES string of the molecule is CC(=O)c1c(N2CCS(=O)(=O)CC2)nc2c(-c3ccc(-c4ccccc4)cc3)cnn2c1N. The molecule has 0 unspecified atom stereocenters. The molecule has 3 heterocycles. The standard InChI is InChI=1S/C24H23N5O3S/c1-16(30)21-22(25)29-23(27-24(21)28-11-13-33(31,32)14-12-28)20(15-26-29)19-9-7-18(8-10-19)17-5-3-2-4-6-17/h2-10,15H,11-14,25H2,1H3. The number of rotatable bonds is 4. The first-order valence-corrected chi connectivity index (χ1v) is 12.5. The third kappa shape index (κ3) is 3.84. The van der Waals surface area contributed by atoms with E-state index in [-0.39, 0.29) is 41.8 Å². The number of hydrogen-bond acceptors (Lipinski definition) is 7. The third-order valence-electron chi connectivity index (χ3n) is 5.96. The molecule has 168 valence electrons. The summed E-state index contributed by atoms with van der Waals surface area (Å²) >= 11 is 0. The maximum atomic E-state index is 12.4. The lowest BCUT2D eigenvalue weighted by Gasteiger charge is -2.29. The zero-order valence-corrected chi connectivity index (χ0v) is 18.9. The quantitative estimate of drug-likeness (QED) is 0.465. The molecule has 4 aromatic rings. The van der Waals surface area contributed by atoms with Crippen LogP contribution in [0, 0.1) is 0 Å². The minimum atomic E-state index is -3.08. The van der Waals surface area contributed by atoms with E-state index >= 15 is 0 Å². The van der Waals surface area contributed by atoms with Crippen molar-refractivity contribution >= 4 is 32.9 Å². The average Bonchev–Trinajstić information content (AvgIpc) is 3.24. The van der Waals surface area contributed by atoms with Crippen molar-refractivity contribution in [3.63, 3.8) is 0 Å². The summed E-state index contributed by atoms with van der Waals surface area (Å²) in [5.74, 6) is 0.400. The third-order valence-corrected chi connectivity index (χ3v) is 7.57. The topological polar surface area (TPSA) is 111 Å². The minimum Gasteiger partial charge on any atom is -0.383 e. The van der Waals surface area contributed by atoms with Gasteiger partial charge in [0.1, 0.15) is 17.2 Å². The fourth-order valence-electron chi connectivity index (χ4n) is 4.17. The summed E-state index contributed by atoms with van der Waals surface area (Å²) in [4.78, 5) is 19.0. The molecule has 1 aliphatic heterocycles. The molecular weight excluding hydrogens is 438 g/mol. The van der Waals surface area contributed by atoms with Crippen molar-refractivity contribution in [2.24, 2.45) is 0 Å². The van der Waals surface area contributed by atoms with Gasteiger partial charge in [-0.25, -0.2) is 13.4 Å². The van der Waals surface area contributed by atoms with Crippen molar-refractivity contribution in [2.75, 3.05) is 35.2 Å². The number of fused-ring (bicyclic) bond motifs is 1. The maximum absolute atomic E-state index is 12.4. The Labute approximate surface area is 191 Å². The van der Waals surface area contributed by atoms with Crippen molar-refractivity contribution in [2.45, 2.75) is 6.92 Å². The first-order chi connectivity index (χ1) is 15.8. The number of sulfone groups is 1. The number of nitrogens with two attached hydrogens (primary N) is 1. The fraction of sp³-hybridized carbons (Fsp3) is 0.208. The molecule has 9 heteroatoms. The first kappa shape index (κ1) is 21.1. The van der Waals surface area contributed by atoms with E-state index in [2.05, 4.69) is 17.2 Å². The molecule has 5 rings (SSSR count). The van der Waals surface area contributed by atoms with E-state index < -0.39 is 9.84 Å². The molecule has 1 aliphatic rings. The van der Waals surface area contributed by atoms with Crippen molar-refractivity contribution in [1.82, 2.24) is 14.6 Å². The zero-order chi connectivity index (χ0) is 23.2. The molecule has 0 spiro atoms. The van der Waals surface area contributed by atoms with Crippen LogP contribution in [0.15, 0.2) is 60.8 Å². The highest BCUT2D eigenvalue weighted by Gasteiger charge is 2.28. The molecule has 1 fully saturated rings. The van der Waals surface area contributed by atoms with Gasteiger partial charge in [0.15, 0.2) is 21.3 Å². The number of hydrogen-bond donors (Lipinski definition) is 1. The minimum absolute atomic E-state index is 0.0180. The lowest BCUT2D eigenvalue weighted by molar-refractivity contribution is 0.101. The van der Waals surface area contributed by atoms with E-state index in [1.54, 1.807) is 6.20 Å². The van der Waals surface area contributed by atoms with Crippen LogP contribution in [-0.2, 0) is 9.84 Å². The van der Waals surface area contributed by atoms with Crippen molar-refractivity contribution in [1.29, 1.82) is 0 Å². The van der Waals surface area contributed by atoms with Crippen LogP contribution in [0.4, 0.5) is 11.6 Å². The highest BCUT2D eigenvalue weighted by atomic mass is 32.2. The normalized spacial score (nSPS) is 15.6. The molecule has 0 atom stereocenters. The van der Waals surface area contributed by atoms with Crippen molar-refractivity contribution in [3.8, 4) is 22.3 Å². The Morgan fingerprint density at radius 1 is 0.939 bits per heavy atom. The van der Waals surface area contributed by atoms with Crippen LogP contribution in [-0.4, -0.2) is 53.4 Å². The van der Waals surface area contributed by atoms with Gasteiger partial charge in [-0.3, -0.25) is 4.79 Å². The smallest absolute Gasteiger partial charge is 0.167 e. The van der Waals surface area contributed by atoms with Gasteiger partial charge in [0.2, 0.25) is 0 Å². The average molecular weight is 462 g/mol. The highest BCUT2D eigenvalue weighted by molar-refractivity contribution is 7.91. The molecule has 2 aromatic heterocycles. The molecular formula is C24H23N5O3S. The maximum Gasteiger partial charge on any atom is 0.167 e. The van der Waals surface area contributed by atoms with Crippen molar-refractivity contribution < 1.29 is 13.2 Å². The van der Waals surface area contributed by atoms with Gasteiger partial charge in [0, 0.05) is 18.7 Å². The van der Waals surface area contributed by atoms with Crippen LogP contribution in [0.1, 0.15) is 17.3 Å². The molecule has 0 saturated carbocycles. The molecule has 0 aliphatic carbocycles. The monoisotopic (exact) mass is 461 g/mol. The van der Waals surface area contributed by atoms with Crippen molar-refractivity contribution in [3.05, 3.63) is 66.4 Å². The molecule has 2 N–H and O–H groups in total. The van der Waals surface area contributed by atoms with Gasteiger partial charge >= 0.3 is 0 Å². The van der Waals surface area contributed by atoms with Gasteiger partial charge in [0.05, 0.1) is 17.7 Å². The predicted octanol–water partition coefficient (Wildman–Crippen LogP) is 3.08. The van der Waals surface area contributed by atoms with E-state index in [1.165, 1.54) is 11.4 Å². The number of nitrogens with zero attached hydrogens (tertiary/aromatic N) is 4. The van der Waals surface area contributed by atoms with E-state index in [4.69, 9.17) is 10.7 Å². The lowest BCUT2D eigenvalue weighted by atomic mass is 10.0. The second kappa shape index (κ2) is 8.00. The molecule has 0 amide bonds. The van der Waals surface area contributed by atoms with Crippen LogP contribution < -0.4 is 10.6 Å². The number of benzene rings is 2. The molecule has 2 aromatic carbocycles. The van der Waals surface area contributed by atoms with Gasteiger partial charge in [-0.2, -0.15) is 9.61 Å². The summed E-state index contributed by atoms with van der Waals surface area (Å²) in [6, 6.07) is 18.2. The fourth-order valence-corrected chi connectivity index (χ4v) is 5.37. The molecule has 1 saturated heterocycles. The predicted molar refractivity (Wildman–Crippen MR) is 129 cm³/mol. The number of carbonyl (C=O) groups is 1. The Balaban J connectivity index is 1.60. The highest BCUT2D eigenvalue weighted by Crippen LogP contribution is 2.32.